The molecule has 0 saturated heterocycles. The van der Waals surface area contributed by atoms with Crippen LogP contribution in [-0.2, 0) is 0 Å². The lowest BCUT2D eigenvalue weighted by Crippen LogP contribution is -2.25. The van der Waals surface area contributed by atoms with Crippen molar-refractivity contribution in [2.45, 2.75) is 6.42 Å². The fraction of sp³-hybridized carbons (Fsp3) is 0.417. The molecular formula is C12H17N5O. The molecule has 18 heavy (non-hydrogen) atoms. The Morgan fingerprint density at radius 3 is 2.94 bits per heavy atom. The lowest BCUT2D eigenvalue weighted by atomic mass is 10.2. The number of carbonyl (C=O) groups is 1. The number of hydrogen-bond donors (Lipinski definition) is 1. The fourth-order valence-electron chi connectivity index (χ4n) is 1.42. The summed E-state index contributed by atoms with van der Waals surface area (Å²) in [5, 5.41) is 6.18. The summed E-state index contributed by atoms with van der Waals surface area (Å²) in [6.07, 6.45) is 0.642. The van der Waals surface area contributed by atoms with Crippen LogP contribution in [0.4, 0.5) is 5.69 Å². The first kappa shape index (κ1) is 13.9. The zero-order valence-electron chi connectivity index (χ0n) is 10.6. The van der Waals surface area contributed by atoms with Crippen LogP contribution in [0.25, 0.3) is 10.4 Å². The maximum Gasteiger partial charge on any atom is 0.251 e. The van der Waals surface area contributed by atoms with Gasteiger partial charge in [0, 0.05) is 43.3 Å². The summed E-state index contributed by atoms with van der Waals surface area (Å²) in [6.45, 7) is 0.901. The van der Waals surface area contributed by atoms with Gasteiger partial charge in [-0.3, -0.25) is 4.79 Å². The topological polar surface area (TPSA) is 81.1 Å². The molecule has 0 saturated carbocycles. The molecule has 1 aromatic rings. The molecule has 1 rings (SSSR count). The Hall–Kier alpha value is -2.20. The average Bonchev–Trinajstić information content (AvgIpc) is 2.38. The number of azide groups is 1. The molecule has 0 fully saturated rings. The summed E-state index contributed by atoms with van der Waals surface area (Å²) in [5.41, 5.74) is 9.71. The minimum Gasteiger partial charge on any atom is -0.378 e. The highest BCUT2D eigenvalue weighted by Crippen LogP contribution is 2.13. The van der Waals surface area contributed by atoms with Gasteiger partial charge in [0.25, 0.3) is 5.91 Å². The molecule has 0 aliphatic heterocycles. The van der Waals surface area contributed by atoms with Crippen molar-refractivity contribution in [2.24, 2.45) is 5.11 Å². The number of amides is 1. The smallest absolute Gasteiger partial charge is 0.251 e. The number of nitrogens with zero attached hydrogens (tertiary/aromatic N) is 4. The van der Waals surface area contributed by atoms with Gasteiger partial charge in [-0.25, -0.2) is 0 Å². The van der Waals surface area contributed by atoms with Crippen molar-refractivity contribution < 1.29 is 4.79 Å². The Balaban J connectivity index is 2.51. The first-order chi connectivity index (χ1) is 8.65. The van der Waals surface area contributed by atoms with Gasteiger partial charge >= 0.3 is 0 Å². The SMILES string of the molecule is CN(C)c1cccc(C(=O)NCCCN=[N+]=[N-])c1. The van der Waals surface area contributed by atoms with Crippen LogP contribution >= 0.6 is 0 Å². The van der Waals surface area contributed by atoms with Crippen molar-refractivity contribution >= 4 is 11.6 Å². The fourth-order valence-corrected chi connectivity index (χ4v) is 1.42. The molecule has 0 aliphatic rings. The zero-order chi connectivity index (χ0) is 13.4. The van der Waals surface area contributed by atoms with Gasteiger partial charge < -0.3 is 10.2 Å². The van der Waals surface area contributed by atoms with E-state index in [1.165, 1.54) is 0 Å². The molecule has 0 atom stereocenters. The van der Waals surface area contributed by atoms with Crippen LogP contribution in [0.3, 0.4) is 0 Å². The Morgan fingerprint density at radius 2 is 2.28 bits per heavy atom. The minimum absolute atomic E-state index is 0.111. The second-order valence-corrected chi connectivity index (χ2v) is 4.01. The summed E-state index contributed by atoms with van der Waals surface area (Å²) < 4.78 is 0. The first-order valence-corrected chi connectivity index (χ1v) is 5.71. The third kappa shape index (κ3) is 4.35. The first-order valence-electron chi connectivity index (χ1n) is 5.71. The average molecular weight is 247 g/mol. The van der Waals surface area contributed by atoms with Crippen molar-refractivity contribution in [1.29, 1.82) is 0 Å². The molecule has 6 nitrogen and oxygen atoms in total. The standard InChI is InChI=1S/C12H17N5O/c1-17(2)11-6-3-5-10(9-11)12(18)14-7-4-8-15-16-13/h3,5-6,9H,4,7-8H2,1-2H3,(H,14,18). The molecule has 1 N–H and O–H groups in total. The molecule has 0 heterocycles. The van der Waals surface area contributed by atoms with E-state index >= 15 is 0 Å². The summed E-state index contributed by atoms with van der Waals surface area (Å²) in [5.74, 6) is -0.111. The van der Waals surface area contributed by atoms with Crippen LogP contribution in [0.2, 0.25) is 0 Å². The van der Waals surface area contributed by atoms with Crippen LogP contribution < -0.4 is 10.2 Å². The Bertz CT molecular complexity index is 452. The quantitative estimate of drug-likeness (QED) is 0.362. The van der Waals surface area contributed by atoms with Gasteiger partial charge in [0.2, 0.25) is 0 Å². The Kier molecular flexibility index (Phi) is 5.54. The molecule has 0 aromatic heterocycles. The van der Waals surface area contributed by atoms with E-state index in [9.17, 15) is 4.79 Å². The van der Waals surface area contributed by atoms with E-state index in [-0.39, 0.29) is 5.91 Å². The van der Waals surface area contributed by atoms with Crippen LogP contribution in [0.5, 0.6) is 0 Å². The predicted octanol–water partition coefficient (Wildman–Crippen LogP) is 2.18. The number of nitrogens with one attached hydrogen (secondary N) is 1. The summed E-state index contributed by atoms with van der Waals surface area (Å²) in [4.78, 5) is 16.4. The Morgan fingerprint density at radius 1 is 1.50 bits per heavy atom. The van der Waals surface area contributed by atoms with Crippen molar-refractivity contribution in [2.75, 3.05) is 32.1 Å². The lowest BCUT2D eigenvalue weighted by molar-refractivity contribution is 0.0953. The van der Waals surface area contributed by atoms with Gasteiger partial charge in [-0.15, -0.1) is 0 Å². The highest BCUT2D eigenvalue weighted by Gasteiger charge is 2.05. The monoisotopic (exact) mass is 247 g/mol. The summed E-state index contributed by atoms with van der Waals surface area (Å²) >= 11 is 0. The zero-order valence-corrected chi connectivity index (χ0v) is 10.6. The Labute approximate surface area is 106 Å². The molecule has 0 spiro atoms. The number of benzene rings is 1. The maximum atomic E-state index is 11.8. The molecule has 1 amide bonds. The highest BCUT2D eigenvalue weighted by atomic mass is 16.1. The van der Waals surface area contributed by atoms with Gasteiger partial charge in [0.05, 0.1) is 0 Å². The molecule has 96 valence electrons. The highest BCUT2D eigenvalue weighted by molar-refractivity contribution is 5.95. The third-order valence-electron chi connectivity index (χ3n) is 2.41. The van der Waals surface area contributed by atoms with E-state index in [1.54, 1.807) is 6.07 Å². The molecular weight excluding hydrogens is 230 g/mol. The number of hydrogen-bond acceptors (Lipinski definition) is 3. The van der Waals surface area contributed by atoms with E-state index in [4.69, 9.17) is 5.53 Å². The molecule has 0 bridgehead atoms. The molecule has 6 heteroatoms. The summed E-state index contributed by atoms with van der Waals surface area (Å²) in [6, 6.07) is 7.40. The van der Waals surface area contributed by atoms with Crippen molar-refractivity contribution in [3.8, 4) is 0 Å². The van der Waals surface area contributed by atoms with Gasteiger partial charge in [0.15, 0.2) is 0 Å². The van der Waals surface area contributed by atoms with E-state index in [2.05, 4.69) is 15.3 Å². The van der Waals surface area contributed by atoms with Gasteiger partial charge in [-0.1, -0.05) is 11.2 Å². The van der Waals surface area contributed by atoms with E-state index in [0.717, 1.165) is 5.69 Å². The van der Waals surface area contributed by atoms with Crippen molar-refractivity contribution in [3.63, 3.8) is 0 Å². The predicted molar refractivity (Wildman–Crippen MR) is 71.7 cm³/mol. The normalized spacial score (nSPS) is 9.44. The minimum atomic E-state index is -0.111. The largest absolute Gasteiger partial charge is 0.378 e. The third-order valence-corrected chi connectivity index (χ3v) is 2.41. The second kappa shape index (κ2) is 7.19. The number of anilines is 1. The maximum absolute atomic E-state index is 11.8. The lowest BCUT2D eigenvalue weighted by Gasteiger charge is -2.13. The number of rotatable bonds is 6. The van der Waals surface area contributed by atoms with Crippen LogP contribution in [0.15, 0.2) is 29.4 Å². The van der Waals surface area contributed by atoms with E-state index < -0.39 is 0 Å². The van der Waals surface area contributed by atoms with E-state index in [1.807, 2.05) is 37.2 Å². The molecule has 0 unspecified atom stereocenters. The van der Waals surface area contributed by atoms with Crippen LogP contribution in [0.1, 0.15) is 16.8 Å². The number of carbonyl (C=O) groups excluding carboxylic acids is 1. The van der Waals surface area contributed by atoms with Gasteiger partial charge in [-0.05, 0) is 30.2 Å². The van der Waals surface area contributed by atoms with Crippen LogP contribution in [-0.4, -0.2) is 33.1 Å². The summed E-state index contributed by atoms with van der Waals surface area (Å²) in [7, 11) is 3.85. The van der Waals surface area contributed by atoms with Gasteiger partial charge in [-0.2, -0.15) is 0 Å². The van der Waals surface area contributed by atoms with Crippen LogP contribution in [0, 0.1) is 0 Å². The molecule has 1 aromatic carbocycles. The van der Waals surface area contributed by atoms with Crippen molar-refractivity contribution in [3.05, 3.63) is 40.3 Å². The van der Waals surface area contributed by atoms with E-state index in [0.29, 0.717) is 25.1 Å². The van der Waals surface area contributed by atoms with Crippen molar-refractivity contribution in [1.82, 2.24) is 5.32 Å². The second-order valence-electron chi connectivity index (χ2n) is 4.01. The molecule has 0 radical (unpaired) electrons. The van der Waals surface area contributed by atoms with Gasteiger partial charge in [0.1, 0.15) is 0 Å². The molecule has 0 aliphatic carbocycles.